The zero-order chi connectivity index (χ0) is 13.5. The SMILES string of the molecule is CCNC(=O)C(C)N[C@@H](C)c1cccc(OC)c1. The molecule has 0 saturated carbocycles. The molecule has 0 heterocycles. The van der Waals surface area contributed by atoms with Crippen LogP contribution in [0.2, 0.25) is 0 Å². The Balaban J connectivity index is 2.63. The molecule has 4 nitrogen and oxygen atoms in total. The van der Waals surface area contributed by atoms with Crippen LogP contribution in [-0.4, -0.2) is 25.6 Å². The molecule has 2 atom stereocenters. The van der Waals surface area contributed by atoms with Crippen LogP contribution < -0.4 is 15.4 Å². The van der Waals surface area contributed by atoms with Crippen molar-refractivity contribution in [1.29, 1.82) is 0 Å². The fourth-order valence-corrected chi connectivity index (χ4v) is 1.79. The number of ether oxygens (including phenoxy) is 1. The maximum Gasteiger partial charge on any atom is 0.236 e. The van der Waals surface area contributed by atoms with E-state index in [-0.39, 0.29) is 18.0 Å². The number of amides is 1. The van der Waals surface area contributed by atoms with Crippen LogP contribution in [0.15, 0.2) is 24.3 Å². The van der Waals surface area contributed by atoms with Gasteiger partial charge in [0.25, 0.3) is 0 Å². The lowest BCUT2D eigenvalue weighted by Gasteiger charge is -2.20. The summed E-state index contributed by atoms with van der Waals surface area (Å²) in [4.78, 5) is 11.6. The van der Waals surface area contributed by atoms with Gasteiger partial charge in [-0.1, -0.05) is 12.1 Å². The Morgan fingerprint density at radius 2 is 2.11 bits per heavy atom. The van der Waals surface area contributed by atoms with Gasteiger partial charge >= 0.3 is 0 Å². The van der Waals surface area contributed by atoms with Crippen LogP contribution in [0.25, 0.3) is 0 Å². The minimum Gasteiger partial charge on any atom is -0.497 e. The summed E-state index contributed by atoms with van der Waals surface area (Å²) < 4.78 is 5.19. The number of rotatable bonds is 6. The van der Waals surface area contributed by atoms with Gasteiger partial charge in [0.2, 0.25) is 5.91 Å². The van der Waals surface area contributed by atoms with Gasteiger partial charge < -0.3 is 10.1 Å². The first-order valence-electron chi connectivity index (χ1n) is 6.26. The number of likely N-dealkylation sites (N-methyl/N-ethyl adjacent to an activating group) is 1. The monoisotopic (exact) mass is 250 g/mol. The molecule has 0 aliphatic heterocycles. The molecule has 0 aliphatic carbocycles. The van der Waals surface area contributed by atoms with Crippen LogP contribution in [0.1, 0.15) is 32.4 Å². The van der Waals surface area contributed by atoms with Gasteiger partial charge in [-0.2, -0.15) is 0 Å². The van der Waals surface area contributed by atoms with Crippen LogP contribution >= 0.6 is 0 Å². The molecule has 1 rings (SSSR count). The third-order valence-electron chi connectivity index (χ3n) is 2.84. The molecule has 2 N–H and O–H groups in total. The molecule has 0 aliphatic rings. The molecule has 1 aromatic carbocycles. The highest BCUT2D eigenvalue weighted by Gasteiger charge is 2.15. The molecule has 100 valence electrons. The van der Waals surface area contributed by atoms with Crippen LogP contribution in [0.4, 0.5) is 0 Å². The molecule has 18 heavy (non-hydrogen) atoms. The minimum atomic E-state index is -0.217. The number of carbonyl (C=O) groups excluding carboxylic acids is 1. The van der Waals surface area contributed by atoms with Gasteiger partial charge in [-0.05, 0) is 38.5 Å². The second-order valence-corrected chi connectivity index (χ2v) is 4.28. The summed E-state index contributed by atoms with van der Waals surface area (Å²) in [5, 5.41) is 6.06. The summed E-state index contributed by atoms with van der Waals surface area (Å²) in [5.41, 5.74) is 1.10. The zero-order valence-electron chi connectivity index (χ0n) is 11.5. The molecule has 1 unspecified atom stereocenters. The quantitative estimate of drug-likeness (QED) is 0.810. The van der Waals surface area contributed by atoms with Crippen LogP contribution in [0.5, 0.6) is 5.75 Å². The summed E-state index contributed by atoms with van der Waals surface area (Å²) in [7, 11) is 1.65. The Labute approximate surface area is 109 Å². The van der Waals surface area contributed by atoms with Gasteiger partial charge in [0, 0.05) is 12.6 Å². The van der Waals surface area contributed by atoms with Gasteiger partial charge in [0.15, 0.2) is 0 Å². The van der Waals surface area contributed by atoms with Crippen LogP contribution in [-0.2, 0) is 4.79 Å². The largest absolute Gasteiger partial charge is 0.497 e. The summed E-state index contributed by atoms with van der Waals surface area (Å²) in [6.45, 7) is 6.46. The van der Waals surface area contributed by atoms with Crippen LogP contribution in [0, 0.1) is 0 Å². The number of methoxy groups -OCH3 is 1. The second-order valence-electron chi connectivity index (χ2n) is 4.28. The molecule has 0 aromatic heterocycles. The number of nitrogens with one attached hydrogen (secondary N) is 2. The van der Waals surface area contributed by atoms with Gasteiger partial charge in [-0.3, -0.25) is 10.1 Å². The summed E-state index contributed by atoms with van der Waals surface area (Å²) in [6, 6.07) is 7.73. The van der Waals surface area contributed by atoms with E-state index in [2.05, 4.69) is 10.6 Å². The lowest BCUT2D eigenvalue weighted by molar-refractivity contribution is -0.122. The van der Waals surface area contributed by atoms with Gasteiger partial charge in [0.1, 0.15) is 5.75 Å². The smallest absolute Gasteiger partial charge is 0.236 e. The Morgan fingerprint density at radius 3 is 2.72 bits per heavy atom. The third-order valence-corrected chi connectivity index (χ3v) is 2.84. The van der Waals surface area contributed by atoms with Crippen molar-refractivity contribution in [3.63, 3.8) is 0 Å². The molecule has 0 spiro atoms. The zero-order valence-corrected chi connectivity index (χ0v) is 11.5. The maximum absolute atomic E-state index is 11.6. The van der Waals surface area contributed by atoms with Crippen LogP contribution in [0.3, 0.4) is 0 Å². The molecule has 0 saturated heterocycles. The average molecular weight is 250 g/mol. The summed E-state index contributed by atoms with van der Waals surface area (Å²) in [6.07, 6.45) is 0. The molecule has 0 fully saturated rings. The Hall–Kier alpha value is -1.55. The summed E-state index contributed by atoms with van der Waals surface area (Å²) in [5.74, 6) is 0.846. The predicted octanol–water partition coefficient (Wildman–Crippen LogP) is 1.87. The Morgan fingerprint density at radius 1 is 1.39 bits per heavy atom. The number of hydrogen-bond acceptors (Lipinski definition) is 3. The minimum absolute atomic E-state index is 0.0206. The van der Waals surface area contributed by atoms with E-state index in [1.54, 1.807) is 7.11 Å². The first-order valence-corrected chi connectivity index (χ1v) is 6.26. The Kier molecular flexibility index (Phi) is 5.65. The fraction of sp³-hybridized carbons (Fsp3) is 0.500. The van der Waals surface area contributed by atoms with Gasteiger partial charge in [-0.25, -0.2) is 0 Å². The van der Waals surface area contributed by atoms with E-state index >= 15 is 0 Å². The number of hydrogen-bond donors (Lipinski definition) is 2. The van der Waals surface area contributed by atoms with Crippen molar-refractivity contribution in [2.24, 2.45) is 0 Å². The molecular weight excluding hydrogens is 228 g/mol. The van der Waals surface area contributed by atoms with Crippen molar-refractivity contribution in [3.05, 3.63) is 29.8 Å². The van der Waals surface area contributed by atoms with Gasteiger partial charge in [0.05, 0.1) is 13.2 Å². The van der Waals surface area contributed by atoms with E-state index in [4.69, 9.17) is 4.74 Å². The maximum atomic E-state index is 11.6. The first kappa shape index (κ1) is 14.5. The van der Waals surface area contributed by atoms with Crippen molar-refractivity contribution in [1.82, 2.24) is 10.6 Å². The van der Waals surface area contributed by atoms with E-state index in [0.29, 0.717) is 6.54 Å². The number of benzene rings is 1. The fourth-order valence-electron chi connectivity index (χ4n) is 1.79. The van der Waals surface area contributed by atoms with Gasteiger partial charge in [-0.15, -0.1) is 0 Å². The van der Waals surface area contributed by atoms with Crippen molar-refractivity contribution in [2.45, 2.75) is 32.9 Å². The molecule has 1 amide bonds. The van der Waals surface area contributed by atoms with Crippen molar-refractivity contribution >= 4 is 5.91 Å². The van der Waals surface area contributed by atoms with Crippen molar-refractivity contribution in [3.8, 4) is 5.75 Å². The lowest BCUT2D eigenvalue weighted by atomic mass is 10.1. The van der Waals surface area contributed by atoms with E-state index in [9.17, 15) is 4.79 Å². The normalized spacial score (nSPS) is 13.8. The summed E-state index contributed by atoms with van der Waals surface area (Å²) >= 11 is 0. The second kappa shape index (κ2) is 7.01. The van der Waals surface area contributed by atoms with E-state index < -0.39 is 0 Å². The van der Waals surface area contributed by atoms with E-state index in [1.165, 1.54) is 0 Å². The lowest BCUT2D eigenvalue weighted by Crippen LogP contribution is -2.43. The van der Waals surface area contributed by atoms with E-state index in [0.717, 1.165) is 11.3 Å². The highest BCUT2D eigenvalue weighted by Crippen LogP contribution is 2.19. The molecule has 0 radical (unpaired) electrons. The highest BCUT2D eigenvalue weighted by atomic mass is 16.5. The molecule has 4 heteroatoms. The first-order chi connectivity index (χ1) is 8.58. The molecular formula is C14H22N2O2. The highest BCUT2D eigenvalue weighted by molar-refractivity contribution is 5.81. The number of carbonyl (C=O) groups is 1. The predicted molar refractivity (Wildman–Crippen MR) is 72.7 cm³/mol. The molecule has 1 aromatic rings. The average Bonchev–Trinajstić information content (AvgIpc) is 2.39. The topological polar surface area (TPSA) is 50.4 Å². The third kappa shape index (κ3) is 4.04. The van der Waals surface area contributed by atoms with Crippen molar-refractivity contribution < 1.29 is 9.53 Å². The molecule has 0 bridgehead atoms. The van der Waals surface area contributed by atoms with E-state index in [1.807, 2.05) is 45.0 Å². The standard InChI is InChI=1S/C14H22N2O2/c1-5-15-14(17)11(3)16-10(2)12-7-6-8-13(9-12)18-4/h6-11,16H,5H2,1-4H3,(H,15,17)/t10-,11?/m0/s1. The Bertz CT molecular complexity index is 393. The van der Waals surface area contributed by atoms with Crippen molar-refractivity contribution in [2.75, 3.05) is 13.7 Å².